The maximum atomic E-state index is 11.1. The number of nitrogens with zero attached hydrogens (tertiary/aromatic N) is 1. The van der Waals surface area contributed by atoms with E-state index in [1.54, 1.807) is 20.3 Å². The van der Waals surface area contributed by atoms with E-state index in [0.717, 1.165) is 17.1 Å². The highest BCUT2D eigenvalue weighted by atomic mass is 16.5. The van der Waals surface area contributed by atoms with Crippen molar-refractivity contribution >= 4 is 5.91 Å². The third kappa shape index (κ3) is 3.98. The first kappa shape index (κ1) is 13.8. The summed E-state index contributed by atoms with van der Waals surface area (Å²) in [4.78, 5) is 11.1. The Morgan fingerprint density at radius 1 is 1.39 bits per heavy atom. The first-order chi connectivity index (χ1) is 8.71. The van der Waals surface area contributed by atoms with Crippen molar-refractivity contribution in [3.8, 4) is 17.6 Å². The molecule has 0 radical (unpaired) electrons. The normalized spacial score (nSPS) is 9.39. The third-order valence-electron chi connectivity index (χ3n) is 2.44. The molecule has 0 aliphatic heterocycles. The van der Waals surface area contributed by atoms with E-state index in [1.165, 1.54) is 0 Å². The number of hydrogen-bond acceptors (Lipinski definition) is 4. The molecular formula is C13H16N2O3. The van der Waals surface area contributed by atoms with Gasteiger partial charge in [0.05, 0.1) is 20.3 Å². The predicted octanol–water partition coefficient (Wildman–Crippen LogP) is 1.28. The number of rotatable bonds is 6. The van der Waals surface area contributed by atoms with Crippen molar-refractivity contribution in [1.82, 2.24) is 5.32 Å². The minimum Gasteiger partial charge on any atom is -0.497 e. The maximum Gasteiger partial charge on any atom is 0.234 e. The van der Waals surface area contributed by atoms with E-state index < -0.39 is 0 Å². The number of hydrogen-bond donors (Lipinski definition) is 1. The smallest absolute Gasteiger partial charge is 0.234 e. The second-order valence-electron chi connectivity index (χ2n) is 3.61. The highest BCUT2D eigenvalue weighted by Crippen LogP contribution is 2.23. The average molecular weight is 248 g/mol. The molecule has 0 fully saturated rings. The monoisotopic (exact) mass is 248 g/mol. The van der Waals surface area contributed by atoms with Gasteiger partial charge in [-0.2, -0.15) is 5.26 Å². The lowest BCUT2D eigenvalue weighted by Crippen LogP contribution is -2.25. The zero-order chi connectivity index (χ0) is 13.4. The molecule has 1 aromatic carbocycles. The molecule has 1 amide bonds. The molecule has 0 spiro atoms. The predicted molar refractivity (Wildman–Crippen MR) is 66.5 cm³/mol. The second-order valence-corrected chi connectivity index (χ2v) is 3.61. The van der Waals surface area contributed by atoms with Crippen molar-refractivity contribution in [3.05, 3.63) is 23.8 Å². The number of nitriles is 1. The van der Waals surface area contributed by atoms with Crippen LogP contribution in [0.5, 0.6) is 11.5 Å². The molecule has 0 saturated carbocycles. The summed E-state index contributed by atoms with van der Waals surface area (Å²) in [7, 11) is 3.19. The number of amides is 1. The third-order valence-corrected chi connectivity index (χ3v) is 2.44. The summed E-state index contributed by atoms with van der Waals surface area (Å²) in [6.07, 6.45) is 0.507. The van der Waals surface area contributed by atoms with Crippen LogP contribution in [0, 0.1) is 11.3 Å². The van der Waals surface area contributed by atoms with Gasteiger partial charge < -0.3 is 14.8 Å². The Morgan fingerprint density at radius 3 is 2.78 bits per heavy atom. The van der Waals surface area contributed by atoms with Gasteiger partial charge in [-0.25, -0.2) is 0 Å². The summed E-state index contributed by atoms with van der Waals surface area (Å²) < 4.78 is 10.4. The molecule has 0 aliphatic rings. The van der Waals surface area contributed by atoms with E-state index in [1.807, 2.05) is 18.2 Å². The number of benzene rings is 1. The van der Waals surface area contributed by atoms with Crippen LogP contribution in [0.15, 0.2) is 18.2 Å². The van der Waals surface area contributed by atoms with Crippen LogP contribution in [0.3, 0.4) is 0 Å². The van der Waals surface area contributed by atoms with Crippen LogP contribution in [0.25, 0.3) is 0 Å². The van der Waals surface area contributed by atoms with E-state index >= 15 is 0 Å². The number of carbonyl (C=O) groups excluding carboxylic acids is 1. The van der Waals surface area contributed by atoms with Crippen LogP contribution in [0.2, 0.25) is 0 Å². The summed E-state index contributed by atoms with van der Waals surface area (Å²) in [6, 6.07) is 7.31. The number of nitrogens with one attached hydrogen (secondary N) is 1. The van der Waals surface area contributed by atoms with E-state index in [2.05, 4.69) is 5.32 Å². The zero-order valence-electron chi connectivity index (χ0n) is 10.5. The Balaban J connectivity index is 2.60. The molecule has 0 heterocycles. The minimum atomic E-state index is -0.264. The number of carbonyl (C=O) groups is 1. The Bertz CT molecular complexity index is 452. The molecule has 0 unspecified atom stereocenters. The first-order valence-electron chi connectivity index (χ1n) is 5.55. The molecule has 0 saturated heterocycles. The molecule has 1 rings (SSSR count). The molecule has 0 atom stereocenters. The summed E-state index contributed by atoms with van der Waals surface area (Å²) in [5, 5.41) is 11.0. The maximum absolute atomic E-state index is 11.1. The van der Waals surface area contributed by atoms with Gasteiger partial charge in [-0.3, -0.25) is 4.79 Å². The minimum absolute atomic E-state index is 0.116. The van der Waals surface area contributed by atoms with Gasteiger partial charge in [0.15, 0.2) is 0 Å². The van der Waals surface area contributed by atoms with Crippen LogP contribution < -0.4 is 14.8 Å². The fourth-order valence-corrected chi connectivity index (χ4v) is 1.55. The fourth-order valence-electron chi connectivity index (χ4n) is 1.55. The first-order valence-corrected chi connectivity index (χ1v) is 5.55. The van der Waals surface area contributed by atoms with Crippen LogP contribution in [-0.4, -0.2) is 26.7 Å². The lowest BCUT2D eigenvalue weighted by molar-refractivity contribution is -0.120. The topological polar surface area (TPSA) is 71.3 Å². The lowest BCUT2D eigenvalue weighted by Gasteiger charge is -2.10. The number of ether oxygens (including phenoxy) is 2. The van der Waals surface area contributed by atoms with Crippen molar-refractivity contribution in [2.45, 2.75) is 12.8 Å². The Kier molecular flexibility index (Phi) is 5.52. The average Bonchev–Trinajstić information content (AvgIpc) is 2.39. The van der Waals surface area contributed by atoms with Crippen LogP contribution in [-0.2, 0) is 11.2 Å². The lowest BCUT2D eigenvalue weighted by atomic mass is 10.1. The van der Waals surface area contributed by atoms with Crippen molar-refractivity contribution in [1.29, 1.82) is 5.26 Å². The van der Waals surface area contributed by atoms with Gasteiger partial charge in [-0.1, -0.05) is 0 Å². The molecule has 0 bridgehead atoms. The van der Waals surface area contributed by atoms with E-state index in [9.17, 15) is 4.79 Å². The fraction of sp³-hybridized carbons (Fsp3) is 0.385. The van der Waals surface area contributed by atoms with Gasteiger partial charge in [0, 0.05) is 6.54 Å². The molecule has 5 heteroatoms. The molecule has 0 aliphatic carbocycles. The van der Waals surface area contributed by atoms with Gasteiger partial charge in [0.25, 0.3) is 0 Å². The molecule has 1 N–H and O–H groups in total. The van der Waals surface area contributed by atoms with E-state index in [0.29, 0.717) is 13.0 Å². The Morgan fingerprint density at radius 2 is 2.17 bits per heavy atom. The van der Waals surface area contributed by atoms with Crippen LogP contribution in [0.4, 0.5) is 0 Å². The second kappa shape index (κ2) is 7.17. The van der Waals surface area contributed by atoms with Crippen molar-refractivity contribution in [2.75, 3.05) is 20.8 Å². The van der Waals surface area contributed by atoms with Crippen molar-refractivity contribution < 1.29 is 14.3 Å². The molecular weight excluding hydrogens is 232 g/mol. The van der Waals surface area contributed by atoms with Gasteiger partial charge in [0.1, 0.15) is 17.9 Å². The van der Waals surface area contributed by atoms with Gasteiger partial charge in [-0.15, -0.1) is 0 Å². The van der Waals surface area contributed by atoms with E-state index in [4.69, 9.17) is 14.7 Å². The van der Waals surface area contributed by atoms with Gasteiger partial charge >= 0.3 is 0 Å². The molecule has 0 aromatic heterocycles. The summed E-state index contributed by atoms with van der Waals surface area (Å²) in [5.41, 5.74) is 0.953. The molecule has 96 valence electrons. The SMILES string of the molecule is COc1ccc(OC)c(CCNC(=O)CC#N)c1. The summed E-state index contributed by atoms with van der Waals surface area (Å²) in [6.45, 7) is 0.462. The quantitative estimate of drug-likeness (QED) is 0.823. The largest absolute Gasteiger partial charge is 0.497 e. The summed E-state index contributed by atoms with van der Waals surface area (Å²) in [5.74, 6) is 1.24. The van der Waals surface area contributed by atoms with Crippen LogP contribution >= 0.6 is 0 Å². The Hall–Kier alpha value is -2.22. The Labute approximate surface area is 106 Å². The van der Waals surface area contributed by atoms with Crippen LogP contribution in [0.1, 0.15) is 12.0 Å². The molecule has 5 nitrogen and oxygen atoms in total. The summed E-state index contributed by atoms with van der Waals surface area (Å²) >= 11 is 0. The van der Waals surface area contributed by atoms with Gasteiger partial charge in [0.2, 0.25) is 5.91 Å². The van der Waals surface area contributed by atoms with Crippen molar-refractivity contribution in [2.24, 2.45) is 0 Å². The molecule has 18 heavy (non-hydrogen) atoms. The number of methoxy groups -OCH3 is 2. The van der Waals surface area contributed by atoms with E-state index in [-0.39, 0.29) is 12.3 Å². The standard InChI is InChI=1S/C13H16N2O3/c1-17-11-3-4-12(18-2)10(9-11)6-8-15-13(16)5-7-14/h3-4,9H,5-6,8H2,1-2H3,(H,15,16). The highest BCUT2D eigenvalue weighted by Gasteiger charge is 2.06. The van der Waals surface area contributed by atoms with Crippen molar-refractivity contribution in [3.63, 3.8) is 0 Å². The highest BCUT2D eigenvalue weighted by molar-refractivity contribution is 5.77. The molecule has 1 aromatic rings. The zero-order valence-corrected chi connectivity index (χ0v) is 10.5. The van der Waals surface area contributed by atoms with Gasteiger partial charge in [-0.05, 0) is 30.2 Å².